The molecule has 0 fully saturated rings. The lowest BCUT2D eigenvalue weighted by Crippen LogP contribution is -2.64. The van der Waals surface area contributed by atoms with Gasteiger partial charge in [0.1, 0.15) is 22.9 Å². The standard InChI is InChI=1S/C34H32BrF3N2O3/c1-31(2)34(37,38)32(3,28-21-25(35)15-20-29(28)36)39-30(43-31)40-33(22-9-7-6-8-10-22,23-11-16-26(41-4)17-12-23)24-13-18-27(42-5)19-14-24/h6-21H,1-5H3,(H,39,40)/t32-/m1/s1. The second-order valence-corrected chi connectivity index (χ2v) is 11.9. The molecule has 0 radical (unpaired) electrons. The third-order valence-corrected chi connectivity index (χ3v) is 8.54. The monoisotopic (exact) mass is 652 g/mol. The number of hydrogen-bond acceptors (Lipinski definition) is 5. The van der Waals surface area contributed by atoms with Crippen LogP contribution in [-0.4, -0.2) is 31.8 Å². The highest BCUT2D eigenvalue weighted by molar-refractivity contribution is 9.10. The fraction of sp³-hybridized carbons (Fsp3) is 0.265. The first-order chi connectivity index (χ1) is 20.4. The van der Waals surface area contributed by atoms with E-state index in [4.69, 9.17) is 14.2 Å². The van der Waals surface area contributed by atoms with Crippen molar-refractivity contribution in [1.82, 2.24) is 5.32 Å². The summed E-state index contributed by atoms with van der Waals surface area (Å²) in [5.41, 5.74) is -3.58. The smallest absolute Gasteiger partial charge is 0.315 e. The lowest BCUT2D eigenvalue weighted by Gasteiger charge is -2.49. The summed E-state index contributed by atoms with van der Waals surface area (Å²) >= 11 is 3.30. The zero-order valence-electron chi connectivity index (χ0n) is 24.4. The van der Waals surface area contributed by atoms with Crippen LogP contribution in [0.15, 0.2) is 107 Å². The van der Waals surface area contributed by atoms with Crippen molar-refractivity contribution in [3.63, 3.8) is 0 Å². The van der Waals surface area contributed by atoms with Crippen LogP contribution in [0.5, 0.6) is 11.5 Å². The van der Waals surface area contributed by atoms with Gasteiger partial charge in [-0.05, 0) is 79.9 Å². The SMILES string of the molecule is COc1ccc(C(NC2=N[C@](C)(c3cc(Br)ccc3F)C(F)(F)C(C)(C)O2)(c2ccccc2)c2ccc(OC)cc2)cc1. The summed E-state index contributed by atoms with van der Waals surface area (Å²) in [7, 11) is 3.16. The molecule has 1 atom stereocenters. The molecule has 5 nitrogen and oxygen atoms in total. The quantitative estimate of drug-likeness (QED) is 0.205. The molecule has 0 aromatic heterocycles. The molecule has 1 N–H and O–H groups in total. The summed E-state index contributed by atoms with van der Waals surface area (Å²) in [5, 5.41) is 3.42. The number of rotatable bonds is 7. The number of aliphatic imine (C=N–C) groups is 1. The second kappa shape index (κ2) is 11.3. The number of benzene rings is 4. The van der Waals surface area contributed by atoms with Crippen molar-refractivity contribution in [1.29, 1.82) is 0 Å². The highest BCUT2D eigenvalue weighted by Gasteiger charge is 2.66. The molecule has 224 valence electrons. The van der Waals surface area contributed by atoms with Gasteiger partial charge in [-0.1, -0.05) is 70.5 Å². The first-order valence-corrected chi connectivity index (χ1v) is 14.4. The van der Waals surface area contributed by atoms with E-state index in [1.807, 2.05) is 78.9 Å². The summed E-state index contributed by atoms with van der Waals surface area (Å²) in [6, 6.07) is 28.1. The van der Waals surface area contributed by atoms with Crippen molar-refractivity contribution < 1.29 is 27.4 Å². The molecule has 1 aliphatic heterocycles. The molecule has 1 heterocycles. The van der Waals surface area contributed by atoms with Crippen LogP contribution in [0.2, 0.25) is 0 Å². The first-order valence-electron chi connectivity index (χ1n) is 13.6. The van der Waals surface area contributed by atoms with Crippen LogP contribution < -0.4 is 14.8 Å². The maximum absolute atomic E-state index is 16.3. The number of ether oxygens (including phenoxy) is 3. The molecular formula is C34H32BrF3N2O3. The summed E-state index contributed by atoms with van der Waals surface area (Å²) in [6.07, 6.45) is 0. The number of amidine groups is 1. The summed E-state index contributed by atoms with van der Waals surface area (Å²) in [6.45, 7) is 3.79. The molecule has 5 rings (SSSR count). The molecule has 9 heteroatoms. The minimum Gasteiger partial charge on any atom is -0.497 e. The number of nitrogens with one attached hydrogen (secondary N) is 1. The zero-order valence-corrected chi connectivity index (χ0v) is 26.0. The van der Waals surface area contributed by atoms with Gasteiger partial charge in [0.2, 0.25) is 0 Å². The predicted octanol–water partition coefficient (Wildman–Crippen LogP) is 8.20. The van der Waals surface area contributed by atoms with Crippen molar-refractivity contribution in [2.75, 3.05) is 14.2 Å². The molecule has 0 aliphatic carbocycles. The van der Waals surface area contributed by atoms with Crippen LogP contribution in [0.1, 0.15) is 43.0 Å². The Morgan fingerprint density at radius 1 is 0.767 bits per heavy atom. The van der Waals surface area contributed by atoms with Gasteiger partial charge in [0, 0.05) is 10.0 Å². The highest BCUT2D eigenvalue weighted by Crippen LogP contribution is 2.52. The molecule has 4 aromatic rings. The van der Waals surface area contributed by atoms with E-state index >= 15 is 13.2 Å². The van der Waals surface area contributed by atoms with Crippen molar-refractivity contribution in [2.24, 2.45) is 4.99 Å². The Balaban J connectivity index is 1.80. The Kier molecular flexibility index (Phi) is 7.98. The fourth-order valence-corrected chi connectivity index (χ4v) is 5.95. The number of methoxy groups -OCH3 is 2. The van der Waals surface area contributed by atoms with Crippen molar-refractivity contribution >= 4 is 22.0 Å². The molecule has 0 bridgehead atoms. The van der Waals surface area contributed by atoms with Gasteiger partial charge in [0.25, 0.3) is 6.02 Å². The van der Waals surface area contributed by atoms with E-state index in [1.54, 1.807) is 14.2 Å². The molecule has 0 unspecified atom stereocenters. The highest BCUT2D eigenvalue weighted by atomic mass is 79.9. The molecule has 43 heavy (non-hydrogen) atoms. The average Bonchev–Trinajstić information content (AvgIpc) is 3.00. The van der Waals surface area contributed by atoms with Crippen LogP contribution in [0.3, 0.4) is 0 Å². The zero-order chi connectivity index (χ0) is 31.0. The molecule has 0 saturated heterocycles. The van der Waals surface area contributed by atoms with E-state index in [2.05, 4.69) is 26.2 Å². The van der Waals surface area contributed by atoms with Crippen LogP contribution in [-0.2, 0) is 15.8 Å². The third-order valence-electron chi connectivity index (χ3n) is 8.04. The summed E-state index contributed by atoms with van der Waals surface area (Å²) in [4.78, 5) is 4.49. The van der Waals surface area contributed by atoms with Gasteiger partial charge in [-0.3, -0.25) is 0 Å². The average molecular weight is 654 g/mol. The Hall–Kier alpha value is -3.98. The van der Waals surface area contributed by atoms with Crippen LogP contribution >= 0.6 is 15.9 Å². The van der Waals surface area contributed by atoms with Gasteiger partial charge in [-0.15, -0.1) is 0 Å². The van der Waals surface area contributed by atoms with Gasteiger partial charge in [-0.2, -0.15) is 8.78 Å². The third kappa shape index (κ3) is 5.13. The van der Waals surface area contributed by atoms with Crippen LogP contribution in [0, 0.1) is 5.82 Å². The van der Waals surface area contributed by atoms with E-state index < -0.39 is 28.4 Å². The second-order valence-electron chi connectivity index (χ2n) is 11.0. The number of halogens is 4. The fourth-order valence-electron chi connectivity index (χ4n) is 5.59. The molecule has 0 amide bonds. The lowest BCUT2D eigenvalue weighted by molar-refractivity contribution is -0.209. The Bertz CT molecular complexity index is 1580. The minimum atomic E-state index is -3.61. The van der Waals surface area contributed by atoms with E-state index in [0.717, 1.165) is 22.8 Å². The lowest BCUT2D eigenvalue weighted by atomic mass is 9.76. The molecule has 0 spiro atoms. The Morgan fingerprint density at radius 3 is 1.79 bits per heavy atom. The molecule has 4 aromatic carbocycles. The summed E-state index contributed by atoms with van der Waals surface area (Å²) < 4.78 is 65.2. The first kappa shape index (κ1) is 30.5. The maximum atomic E-state index is 16.3. The molecule has 0 saturated carbocycles. The van der Waals surface area contributed by atoms with Gasteiger partial charge in [-0.25, -0.2) is 9.38 Å². The van der Waals surface area contributed by atoms with Crippen molar-refractivity contribution in [3.05, 3.63) is 130 Å². The van der Waals surface area contributed by atoms with Crippen molar-refractivity contribution in [3.8, 4) is 11.5 Å². The summed E-state index contributed by atoms with van der Waals surface area (Å²) in [5.74, 6) is -3.12. The van der Waals surface area contributed by atoms with Gasteiger partial charge in [0.05, 0.1) is 14.2 Å². The van der Waals surface area contributed by atoms with Crippen LogP contribution in [0.4, 0.5) is 13.2 Å². The Labute approximate surface area is 257 Å². The van der Waals surface area contributed by atoms with Crippen molar-refractivity contribution in [2.45, 2.75) is 43.4 Å². The van der Waals surface area contributed by atoms with E-state index in [0.29, 0.717) is 16.0 Å². The van der Waals surface area contributed by atoms with Crippen LogP contribution in [0.25, 0.3) is 0 Å². The minimum absolute atomic E-state index is 0.173. The molecular weight excluding hydrogens is 621 g/mol. The molecule has 1 aliphatic rings. The van der Waals surface area contributed by atoms with E-state index in [-0.39, 0.29) is 11.6 Å². The maximum Gasteiger partial charge on any atom is 0.315 e. The van der Waals surface area contributed by atoms with E-state index in [1.165, 1.54) is 32.9 Å². The number of alkyl halides is 2. The topological polar surface area (TPSA) is 52.1 Å². The van der Waals surface area contributed by atoms with Gasteiger partial charge in [0.15, 0.2) is 11.1 Å². The Morgan fingerprint density at radius 2 is 1.28 bits per heavy atom. The normalized spacial score (nSPS) is 19.1. The van der Waals surface area contributed by atoms with Gasteiger partial charge >= 0.3 is 5.92 Å². The number of hydrogen-bond donors (Lipinski definition) is 1. The predicted molar refractivity (Wildman–Crippen MR) is 164 cm³/mol. The largest absolute Gasteiger partial charge is 0.497 e. The van der Waals surface area contributed by atoms with Gasteiger partial charge < -0.3 is 19.5 Å². The number of nitrogens with zero attached hydrogens (tertiary/aromatic N) is 1. The van der Waals surface area contributed by atoms with E-state index in [9.17, 15) is 0 Å².